The highest BCUT2D eigenvalue weighted by Crippen LogP contribution is 2.02. The topological polar surface area (TPSA) is 64.0 Å². The first-order chi connectivity index (χ1) is 7.69. The Morgan fingerprint density at radius 3 is 2.59 bits per heavy atom. The number of hydrogen-bond donors (Lipinski definition) is 1. The zero-order chi connectivity index (χ0) is 13.2. The SMILES string of the molecule is Cc1nc(Cl)cc(=O)n1CC(=O)NC(C)(C)C. The van der Waals surface area contributed by atoms with Gasteiger partial charge in [-0.2, -0.15) is 0 Å². The van der Waals surface area contributed by atoms with Crippen molar-refractivity contribution in [3.05, 3.63) is 27.4 Å². The van der Waals surface area contributed by atoms with Crippen molar-refractivity contribution in [2.24, 2.45) is 0 Å². The maximum absolute atomic E-state index is 11.7. The van der Waals surface area contributed by atoms with Crippen molar-refractivity contribution in [3.8, 4) is 0 Å². The molecule has 0 atom stereocenters. The lowest BCUT2D eigenvalue weighted by Gasteiger charge is -2.21. The minimum atomic E-state index is -0.327. The molecule has 0 spiro atoms. The minimum Gasteiger partial charge on any atom is -0.350 e. The van der Waals surface area contributed by atoms with E-state index in [-0.39, 0.29) is 28.7 Å². The highest BCUT2D eigenvalue weighted by atomic mass is 35.5. The zero-order valence-corrected chi connectivity index (χ0v) is 11.1. The van der Waals surface area contributed by atoms with Gasteiger partial charge in [-0.1, -0.05) is 11.6 Å². The summed E-state index contributed by atoms with van der Waals surface area (Å²) in [5.74, 6) is 0.193. The molecule has 0 fully saturated rings. The van der Waals surface area contributed by atoms with Crippen molar-refractivity contribution in [2.75, 3.05) is 0 Å². The Morgan fingerprint density at radius 1 is 1.53 bits per heavy atom. The molecule has 5 nitrogen and oxygen atoms in total. The van der Waals surface area contributed by atoms with Gasteiger partial charge in [-0.3, -0.25) is 14.2 Å². The smallest absolute Gasteiger partial charge is 0.255 e. The van der Waals surface area contributed by atoms with Crippen LogP contribution in [0.2, 0.25) is 5.15 Å². The van der Waals surface area contributed by atoms with E-state index in [1.165, 1.54) is 10.6 Å². The second-order valence-electron chi connectivity index (χ2n) is 4.85. The van der Waals surface area contributed by atoms with Gasteiger partial charge in [0.25, 0.3) is 5.56 Å². The first kappa shape index (κ1) is 13.7. The van der Waals surface area contributed by atoms with Gasteiger partial charge in [-0.25, -0.2) is 4.98 Å². The fraction of sp³-hybridized carbons (Fsp3) is 0.545. The molecule has 1 N–H and O–H groups in total. The molecule has 0 saturated heterocycles. The van der Waals surface area contributed by atoms with Crippen molar-refractivity contribution < 1.29 is 4.79 Å². The van der Waals surface area contributed by atoms with Gasteiger partial charge in [0.2, 0.25) is 5.91 Å². The molecule has 1 amide bonds. The van der Waals surface area contributed by atoms with E-state index in [1.54, 1.807) is 6.92 Å². The molecule has 94 valence electrons. The lowest BCUT2D eigenvalue weighted by molar-refractivity contribution is -0.123. The Morgan fingerprint density at radius 2 is 2.12 bits per heavy atom. The number of hydrogen-bond acceptors (Lipinski definition) is 3. The summed E-state index contributed by atoms with van der Waals surface area (Å²) < 4.78 is 1.28. The quantitative estimate of drug-likeness (QED) is 0.808. The minimum absolute atomic E-state index is 0.0495. The highest BCUT2D eigenvalue weighted by Gasteiger charge is 2.15. The van der Waals surface area contributed by atoms with Crippen molar-refractivity contribution in [3.63, 3.8) is 0 Å². The monoisotopic (exact) mass is 257 g/mol. The first-order valence-corrected chi connectivity index (χ1v) is 5.62. The zero-order valence-electron chi connectivity index (χ0n) is 10.4. The molecule has 1 aromatic rings. The molecule has 0 aromatic carbocycles. The van der Waals surface area contributed by atoms with Gasteiger partial charge < -0.3 is 5.32 Å². The molecule has 0 aliphatic carbocycles. The van der Waals surface area contributed by atoms with Gasteiger partial charge in [0.15, 0.2) is 0 Å². The van der Waals surface area contributed by atoms with Crippen LogP contribution in [-0.2, 0) is 11.3 Å². The fourth-order valence-corrected chi connectivity index (χ4v) is 1.60. The Kier molecular flexibility index (Phi) is 3.93. The average molecular weight is 258 g/mol. The Balaban J connectivity index is 2.90. The van der Waals surface area contributed by atoms with E-state index in [2.05, 4.69) is 10.3 Å². The molecule has 0 saturated carbocycles. The van der Waals surface area contributed by atoms with Gasteiger partial charge in [0.05, 0.1) is 0 Å². The van der Waals surface area contributed by atoms with Crippen LogP contribution in [0.3, 0.4) is 0 Å². The number of aromatic nitrogens is 2. The maximum Gasteiger partial charge on any atom is 0.255 e. The largest absolute Gasteiger partial charge is 0.350 e. The fourth-order valence-electron chi connectivity index (χ4n) is 1.38. The van der Waals surface area contributed by atoms with E-state index in [0.29, 0.717) is 5.82 Å². The van der Waals surface area contributed by atoms with Crippen LogP contribution in [-0.4, -0.2) is 21.0 Å². The summed E-state index contributed by atoms with van der Waals surface area (Å²) in [6, 6.07) is 1.19. The summed E-state index contributed by atoms with van der Waals surface area (Å²) in [4.78, 5) is 27.2. The number of nitrogens with one attached hydrogen (secondary N) is 1. The maximum atomic E-state index is 11.7. The molecular weight excluding hydrogens is 242 g/mol. The molecule has 1 rings (SSSR count). The number of rotatable bonds is 2. The van der Waals surface area contributed by atoms with E-state index in [0.717, 1.165) is 0 Å². The molecule has 0 aliphatic heterocycles. The van der Waals surface area contributed by atoms with Crippen molar-refractivity contribution >= 4 is 17.5 Å². The van der Waals surface area contributed by atoms with Crippen LogP contribution in [0, 0.1) is 6.92 Å². The lowest BCUT2D eigenvalue weighted by Crippen LogP contribution is -2.43. The summed E-state index contributed by atoms with van der Waals surface area (Å²) in [6.45, 7) is 7.21. The predicted molar refractivity (Wildman–Crippen MR) is 66.1 cm³/mol. The third kappa shape index (κ3) is 4.19. The van der Waals surface area contributed by atoms with Crippen LogP contribution >= 0.6 is 11.6 Å². The second kappa shape index (κ2) is 4.87. The van der Waals surface area contributed by atoms with Crippen molar-refractivity contribution in [1.29, 1.82) is 0 Å². The van der Waals surface area contributed by atoms with E-state index >= 15 is 0 Å². The molecule has 0 unspecified atom stereocenters. The molecular formula is C11H16ClN3O2. The third-order valence-electron chi connectivity index (χ3n) is 1.98. The lowest BCUT2D eigenvalue weighted by atomic mass is 10.1. The average Bonchev–Trinajstić information content (AvgIpc) is 2.08. The standard InChI is InChI=1S/C11H16ClN3O2/c1-7-13-8(12)5-10(17)15(7)6-9(16)14-11(2,3)4/h5H,6H2,1-4H3,(H,14,16). The van der Waals surface area contributed by atoms with E-state index in [4.69, 9.17) is 11.6 Å². The molecule has 1 aromatic heterocycles. The van der Waals surface area contributed by atoms with Crippen LogP contribution in [0.5, 0.6) is 0 Å². The second-order valence-corrected chi connectivity index (χ2v) is 5.24. The molecule has 6 heteroatoms. The summed E-state index contributed by atoms with van der Waals surface area (Å²) >= 11 is 5.64. The Bertz CT molecular complexity index is 488. The van der Waals surface area contributed by atoms with E-state index < -0.39 is 0 Å². The summed E-state index contributed by atoms with van der Waals surface area (Å²) in [5, 5.41) is 2.92. The number of carbonyl (C=O) groups excluding carboxylic acids is 1. The Hall–Kier alpha value is -1.36. The predicted octanol–water partition coefficient (Wildman–Crippen LogP) is 1.12. The molecule has 0 bridgehead atoms. The summed E-state index contributed by atoms with van der Waals surface area (Å²) in [7, 11) is 0. The van der Waals surface area contributed by atoms with Gasteiger partial charge in [-0.05, 0) is 27.7 Å². The van der Waals surface area contributed by atoms with E-state index in [1.807, 2.05) is 20.8 Å². The van der Waals surface area contributed by atoms with Gasteiger partial charge in [0, 0.05) is 11.6 Å². The Labute approximate surface area is 105 Å². The van der Waals surface area contributed by atoms with Crippen molar-refractivity contribution in [1.82, 2.24) is 14.9 Å². The van der Waals surface area contributed by atoms with Gasteiger partial charge in [-0.15, -0.1) is 0 Å². The third-order valence-corrected chi connectivity index (χ3v) is 2.18. The van der Waals surface area contributed by atoms with Crippen LogP contribution in [0.4, 0.5) is 0 Å². The summed E-state index contributed by atoms with van der Waals surface area (Å²) in [6.07, 6.45) is 0. The molecule has 17 heavy (non-hydrogen) atoms. The van der Waals surface area contributed by atoms with Crippen LogP contribution in [0.25, 0.3) is 0 Å². The highest BCUT2D eigenvalue weighted by molar-refractivity contribution is 6.29. The number of halogens is 1. The number of aryl methyl sites for hydroxylation is 1. The van der Waals surface area contributed by atoms with Crippen LogP contribution < -0.4 is 10.9 Å². The number of amides is 1. The molecule has 1 heterocycles. The van der Waals surface area contributed by atoms with Crippen molar-refractivity contribution in [2.45, 2.75) is 39.8 Å². The summed E-state index contributed by atoms with van der Waals surface area (Å²) in [5.41, 5.74) is -0.652. The van der Waals surface area contributed by atoms with Crippen LogP contribution in [0.15, 0.2) is 10.9 Å². The normalized spacial score (nSPS) is 11.4. The number of nitrogens with zero attached hydrogens (tertiary/aromatic N) is 2. The number of carbonyl (C=O) groups is 1. The van der Waals surface area contributed by atoms with Gasteiger partial charge >= 0.3 is 0 Å². The molecule has 0 radical (unpaired) electrons. The van der Waals surface area contributed by atoms with Crippen LogP contribution in [0.1, 0.15) is 26.6 Å². The molecule has 0 aliphatic rings. The van der Waals surface area contributed by atoms with Gasteiger partial charge in [0.1, 0.15) is 17.5 Å². The van der Waals surface area contributed by atoms with E-state index in [9.17, 15) is 9.59 Å². The first-order valence-electron chi connectivity index (χ1n) is 5.24.